The number of nitro groups is 2. The van der Waals surface area contributed by atoms with E-state index in [0.29, 0.717) is 0 Å². The number of benzene rings is 2. The van der Waals surface area contributed by atoms with Crippen LogP contribution in [0.25, 0.3) is 0 Å². The fourth-order valence-corrected chi connectivity index (χ4v) is 2.15. The summed E-state index contributed by atoms with van der Waals surface area (Å²) in [6.07, 6.45) is 0. The lowest BCUT2D eigenvalue weighted by Gasteiger charge is -2.14. The first kappa shape index (κ1) is 18.5. The number of nitrogens with one attached hydrogen (secondary N) is 1. The van der Waals surface area contributed by atoms with Crippen molar-refractivity contribution in [2.45, 2.75) is 0 Å². The molecule has 134 valence electrons. The third-order valence-electron chi connectivity index (χ3n) is 3.40. The second kappa shape index (κ2) is 7.38. The van der Waals surface area contributed by atoms with Crippen LogP contribution in [0.5, 0.6) is 0 Å². The molecule has 2 rings (SSSR count). The summed E-state index contributed by atoms with van der Waals surface area (Å²) in [5, 5.41) is 24.3. The van der Waals surface area contributed by atoms with Gasteiger partial charge in [-0.1, -0.05) is 12.1 Å². The molecule has 10 heteroatoms. The molecule has 0 radical (unpaired) electrons. The SMILES string of the molecule is CN(C)C(=O)c1ccccc1NC(=O)c1cc([N+](=O)[O-])cc([N+](=O)[O-])c1. The fraction of sp³-hybridized carbons (Fsp3) is 0.125. The first-order chi connectivity index (χ1) is 12.2. The number of hydrogen-bond acceptors (Lipinski definition) is 6. The van der Waals surface area contributed by atoms with Gasteiger partial charge in [0.05, 0.1) is 32.7 Å². The largest absolute Gasteiger partial charge is 0.345 e. The molecule has 0 aliphatic rings. The number of para-hydroxylation sites is 1. The molecule has 0 heterocycles. The molecule has 2 amide bonds. The van der Waals surface area contributed by atoms with Crippen LogP contribution in [0.1, 0.15) is 20.7 Å². The van der Waals surface area contributed by atoms with Crippen molar-refractivity contribution < 1.29 is 19.4 Å². The molecular formula is C16H14N4O6. The zero-order chi connectivity index (χ0) is 19.4. The van der Waals surface area contributed by atoms with Crippen molar-refractivity contribution in [1.82, 2.24) is 4.90 Å². The number of non-ortho nitro benzene ring substituents is 2. The first-order valence-electron chi connectivity index (χ1n) is 7.26. The van der Waals surface area contributed by atoms with E-state index in [1.165, 1.54) is 17.0 Å². The van der Waals surface area contributed by atoms with Crippen molar-refractivity contribution in [3.63, 3.8) is 0 Å². The smallest absolute Gasteiger partial charge is 0.277 e. The van der Waals surface area contributed by atoms with Crippen molar-refractivity contribution >= 4 is 28.9 Å². The van der Waals surface area contributed by atoms with E-state index in [4.69, 9.17) is 0 Å². The standard InChI is InChI=1S/C16H14N4O6/c1-18(2)16(22)13-5-3-4-6-14(13)17-15(21)10-7-11(19(23)24)9-12(8-10)20(25)26/h3-9H,1-2H3,(H,17,21). The Morgan fingerprint density at radius 1 is 0.962 bits per heavy atom. The average Bonchev–Trinajstić information content (AvgIpc) is 2.60. The van der Waals surface area contributed by atoms with E-state index in [9.17, 15) is 29.8 Å². The van der Waals surface area contributed by atoms with Crippen LogP contribution >= 0.6 is 0 Å². The summed E-state index contributed by atoms with van der Waals surface area (Å²) < 4.78 is 0. The van der Waals surface area contributed by atoms with Gasteiger partial charge in [0.2, 0.25) is 0 Å². The van der Waals surface area contributed by atoms with Crippen LogP contribution in [-0.2, 0) is 0 Å². The Bertz CT molecular complexity index is 877. The summed E-state index contributed by atoms with van der Waals surface area (Å²) in [6, 6.07) is 8.83. The molecule has 2 aromatic carbocycles. The lowest BCUT2D eigenvalue weighted by Crippen LogP contribution is -2.24. The second-order valence-corrected chi connectivity index (χ2v) is 5.45. The molecule has 2 aromatic rings. The van der Waals surface area contributed by atoms with E-state index in [0.717, 1.165) is 18.2 Å². The van der Waals surface area contributed by atoms with Crippen LogP contribution in [0.2, 0.25) is 0 Å². The third-order valence-corrected chi connectivity index (χ3v) is 3.40. The summed E-state index contributed by atoms with van der Waals surface area (Å²) in [5.41, 5.74) is -1.03. The van der Waals surface area contributed by atoms with Gasteiger partial charge in [-0.3, -0.25) is 29.8 Å². The molecule has 26 heavy (non-hydrogen) atoms. The Hall–Kier alpha value is -3.82. The highest BCUT2D eigenvalue weighted by molar-refractivity contribution is 6.09. The number of anilines is 1. The third kappa shape index (κ3) is 3.98. The van der Waals surface area contributed by atoms with E-state index >= 15 is 0 Å². The van der Waals surface area contributed by atoms with Gasteiger partial charge < -0.3 is 10.2 Å². The lowest BCUT2D eigenvalue weighted by molar-refractivity contribution is -0.394. The zero-order valence-electron chi connectivity index (χ0n) is 13.8. The van der Waals surface area contributed by atoms with Crippen LogP contribution in [0.15, 0.2) is 42.5 Å². The molecule has 0 aliphatic heterocycles. The quantitative estimate of drug-likeness (QED) is 0.644. The van der Waals surface area contributed by atoms with Gasteiger partial charge in [-0.15, -0.1) is 0 Å². The van der Waals surface area contributed by atoms with E-state index < -0.39 is 27.1 Å². The molecule has 0 fully saturated rings. The van der Waals surface area contributed by atoms with Crippen LogP contribution < -0.4 is 5.32 Å². The molecule has 0 atom stereocenters. The molecule has 0 spiro atoms. The summed E-state index contributed by atoms with van der Waals surface area (Å²) in [7, 11) is 3.09. The van der Waals surface area contributed by atoms with Crippen molar-refractivity contribution in [3.05, 3.63) is 73.8 Å². The Morgan fingerprint density at radius 3 is 2.00 bits per heavy atom. The maximum atomic E-state index is 12.4. The lowest BCUT2D eigenvalue weighted by atomic mass is 10.1. The monoisotopic (exact) mass is 358 g/mol. The molecule has 10 nitrogen and oxygen atoms in total. The van der Waals surface area contributed by atoms with Gasteiger partial charge in [0.25, 0.3) is 23.2 Å². The number of nitrogens with zero attached hydrogens (tertiary/aromatic N) is 3. The molecule has 0 aromatic heterocycles. The zero-order valence-corrected chi connectivity index (χ0v) is 13.8. The fourth-order valence-electron chi connectivity index (χ4n) is 2.15. The molecule has 0 saturated heterocycles. The van der Waals surface area contributed by atoms with E-state index in [2.05, 4.69) is 5.32 Å². The summed E-state index contributed by atoms with van der Waals surface area (Å²) >= 11 is 0. The highest BCUT2D eigenvalue weighted by atomic mass is 16.6. The summed E-state index contributed by atoms with van der Waals surface area (Å²) in [4.78, 5) is 46.1. The maximum absolute atomic E-state index is 12.4. The summed E-state index contributed by atoms with van der Waals surface area (Å²) in [5.74, 6) is -1.17. The van der Waals surface area contributed by atoms with Crippen LogP contribution in [0, 0.1) is 20.2 Å². The average molecular weight is 358 g/mol. The van der Waals surface area contributed by atoms with Crippen LogP contribution in [0.3, 0.4) is 0 Å². The molecule has 0 bridgehead atoms. The van der Waals surface area contributed by atoms with Crippen molar-refractivity contribution in [2.75, 3.05) is 19.4 Å². The normalized spacial score (nSPS) is 10.1. The van der Waals surface area contributed by atoms with Gasteiger partial charge in [-0.05, 0) is 12.1 Å². The number of rotatable bonds is 5. The van der Waals surface area contributed by atoms with E-state index in [-0.39, 0.29) is 22.7 Å². The van der Waals surface area contributed by atoms with Gasteiger partial charge in [0.1, 0.15) is 0 Å². The number of nitro benzene ring substituents is 2. The molecular weight excluding hydrogens is 344 g/mol. The minimum atomic E-state index is -0.826. The molecule has 0 unspecified atom stereocenters. The highest BCUT2D eigenvalue weighted by Gasteiger charge is 2.21. The molecule has 1 N–H and O–H groups in total. The van der Waals surface area contributed by atoms with Gasteiger partial charge in [-0.25, -0.2) is 0 Å². The van der Waals surface area contributed by atoms with Gasteiger partial charge in [-0.2, -0.15) is 0 Å². The maximum Gasteiger partial charge on any atom is 0.277 e. The van der Waals surface area contributed by atoms with Crippen molar-refractivity contribution in [1.29, 1.82) is 0 Å². The van der Waals surface area contributed by atoms with Crippen LogP contribution in [0.4, 0.5) is 17.1 Å². The number of carbonyl (C=O) groups is 2. The number of amides is 2. The van der Waals surface area contributed by atoms with Gasteiger partial charge >= 0.3 is 0 Å². The molecule has 0 saturated carbocycles. The topological polar surface area (TPSA) is 136 Å². The highest BCUT2D eigenvalue weighted by Crippen LogP contribution is 2.24. The Kier molecular flexibility index (Phi) is 5.26. The van der Waals surface area contributed by atoms with Crippen LogP contribution in [-0.4, -0.2) is 40.7 Å². The number of hydrogen-bond donors (Lipinski definition) is 1. The predicted molar refractivity (Wildman–Crippen MR) is 92.2 cm³/mol. The number of carbonyl (C=O) groups excluding carboxylic acids is 2. The van der Waals surface area contributed by atoms with Gasteiger partial charge in [0.15, 0.2) is 0 Å². The Morgan fingerprint density at radius 2 is 1.50 bits per heavy atom. The molecule has 0 aliphatic carbocycles. The minimum Gasteiger partial charge on any atom is -0.345 e. The van der Waals surface area contributed by atoms with E-state index in [1.807, 2.05) is 0 Å². The first-order valence-corrected chi connectivity index (χ1v) is 7.26. The summed E-state index contributed by atoms with van der Waals surface area (Å²) in [6.45, 7) is 0. The van der Waals surface area contributed by atoms with Crippen molar-refractivity contribution in [3.8, 4) is 0 Å². The Balaban J connectivity index is 2.41. The predicted octanol–water partition coefficient (Wildman–Crippen LogP) is 2.46. The Labute approximate surface area is 147 Å². The second-order valence-electron chi connectivity index (χ2n) is 5.45. The van der Waals surface area contributed by atoms with E-state index in [1.54, 1.807) is 26.2 Å². The van der Waals surface area contributed by atoms with Crippen molar-refractivity contribution in [2.24, 2.45) is 0 Å². The van der Waals surface area contributed by atoms with Gasteiger partial charge in [0, 0.05) is 26.2 Å². The minimum absolute atomic E-state index is 0.186.